The smallest absolute Gasteiger partial charge is 0.231 e. The maximum Gasteiger partial charge on any atom is 0.231 e. The molecule has 2 unspecified atom stereocenters. The molecule has 1 fully saturated rings. The van der Waals surface area contributed by atoms with Crippen LogP contribution in [0.1, 0.15) is 32.3 Å². The van der Waals surface area contributed by atoms with E-state index in [-0.39, 0.29) is 17.9 Å². The number of nitrogens with zero attached hydrogens (tertiary/aromatic N) is 1. The standard InChI is InChI=1S/C16H24N2O/c1-4-18(14-9-7-12(2)8-10-14)16(19)15-6-5-11-17-13(15)3/h7-10,13,15,17H,4-6,11H2,1-3H3. The Bertz CT molecular complexity index is 427. The molecule has 1 amide bonds. The fourth-order valence-electron chi connectivity index (χ4n) is 2.77. The monoisotopic (exact) mass is 260 g/mol. The van der Waals surface area contributed by atoms with Crippen LogP contribution in [0.3, 0.4) is 0 Å². The topological polar surface area (TPSA) is 32.3 Å². The van der Waals surface area contributed by atoms with Crippen LogP contribution in [-0.4, -0.2) is 25.0 Å². The summed E-state index contributed by atoms with van der Waals surface area (Å²) in [6, 6.07) is 8.48. The largest absolute Gasteiger partial charge is 0.313 e. The first-order valence-corrected chi connectivity index (χ1v) is 7.25. The lowest BCUT2D eigenvalue weighted by molar-refractivity contribution is -0.123. The number of rotatable bonds is 3. The van der Waals surface area contributed by atoms with Gasteiger partial charge in [0.2, 0.25) is 5.91 Å². The molecule has 2 atom stereocenters. The van der Waals surface area contributed by atoms with Crippen molar-refractivity contribution >= 4 is 11.6 Å². The van der Waals surface area contributed by atoms with E-state index in [0.717, 1.165) is 31.6 Å². The average molecular weight is 260 g/mol. The summed E-state index contributed by atoms with van der Waals surface area (Å²) in [6.45, 7) is 7.98. The Morgan fingerprint density at radius 2 is 2.05 bits per heavy atom. The van der Waals surface area contributed by atoms with Gasteiger partial charge in [-0.2, -0.15) is 0 Å². The lowest BCUT2D eigenvalue weighted by Gasteiger charge is -2.33. The van der Waals surface area contributed by atoms with Crippen molar-refractivity contribution in [3.63, 3.8) is 0 Å². The Balaban J connectivity index is 2.16. The van der Waals surface area contributed by atoms with E-state index in [2.05, 4.69) is 31.3 Å². The molecule has 1 saturated heterocycles. The quantitative estimate of drug-likeness (QED) is 0.906. The summed E-state index contributed by atoms with van der Waals surface area (Å²) in [6.07, 6.45) is 2.08. The molecular weight excluding hydrogens is 236 g/mol. The van der Waals surface area contributed by atoms with Gasteiger partial charge in [-0.15, -0.1) is 0 Å². The first-order chi connectivity index (χ1) is 9.13. The number of nitrogens with one attached hydrogen (secondary N) is 1. The van der Waals surface area contributed by atoms with Crippen molar-refractivity contribution < 1.29 is 4.79 Å². The van der Waals surface area contributed by atoms with Gasteiger partial charge >= 0.3 is 0 Å². The third kappa shape index (κ3) is 3.16. The van der Waals surface area contributed by atoms with E-state index in [4.69, 9.17) is 0 Å². The molecule has 104 valence electrons. The van der Waals surface area contributed by atoms with Gasteiger partial charge in [0, 0.05) is 18.3 Å². The number of anilines is 1. The van der Waals surface area contributed by atoms with Crippen molar-refractivity contribution in [3.05, 3.63) is 29.8 Å². The number of carbonyl (C=O) groups excluding carboxylic acids is 1. The van der Waals surface area contributed by atoms with Crippen LogP contribution in [0.4, 0.5) is 5.69 Å². The number of aryl methyl sites for hydroxylation is 1. The van der Waals surface area contributed by atoms with Crippen molar-refractivity contribution in [2.45, 2.75) is 39.7 Å². The lowest BCUT2D eigenvalue weighted by atomic mass is 9.90. The third-order valence-electron chi connectivity index (χ3n) is 4.01. The van der Waals surface area contributed by atoms with E-state index in [9.17, 15) is 4.79 Å². The normalized spacial score (nSPS) is 23.1. The zero-order valence-corrected chi connectivity index (χ0v) is 12.1. The van der Waals surface area contributed by atoms with Gasteiger partial charge in [0.25, 0.3) is 0 Å². The summed E-state index contributed by atoms with van der Waals surface area (Å²) in [5.41, 5.74) is 2.23. The molecule has 19 heavy (non-hydrogen) atoms. The average Bonchev–Trinajstić information content (AvgIpc) is 2.42. The van der Waals surface area contributed by atoms with Gasteiger partial charge in [-0.05, 0) is 52.3 Å². The molecule has 1 aromatic carbocycles. The zero-order chi connectivity index (χ0) is 13.8. The molecule has 1 aliphatic rings. The van der Waals surface area contributed by atoms with Gasteiger partial charge in [0.05, 0.1) is 5.92 Å². The van der Waals surface area contributed by atoms with Crippen LogP contribution >= 0.6 is 0 Å². The van der Waals surface area contributed by atoms with E-state index in [1.807, 2.05) is 24.0 Å². The second-order valence-corrected chi connectivity index (χ2v) is 5.41. The predicted molar refractivity (Wildman–Crippen MR) is 79.4 cm³/mol. The summed E-state index contributed by atoms with van der Waals surface area (Å²) in [5, 5.41) is 3.40. The molecule has 3 nitrogen and oxygen atoms in total. The molecule has 3 heteroatoms. The zero-order valence-electron chi connectivity index (χ0n) is 12.1. The van der Waals surface area contributed by atoms with E-state index in [1.165, 1.54) is 5.56 Å². The fourth-order valence-corrected chi connectivity index (χ4v) is 2.77. The first kappa shape index (κ1) is 14.1. The predicted octanol–water partition coefficient (Wildman–Crippen LogP) is 2.74. The summed E-state index contributed by atoms with van der Waals surface area (Å²) >= 11 is 0. The van der Waals surface area contributed by atoms with Crippen LogP contribution < -0.4 is 10.2 Å². The van der Waals surface area contributed by atoms with Crippen LogP contribution in [0.5, 0.6) is 0 Å². The molecule has 0 radical (unpaired) electrons. The Morgan fingerprint density at radius 3 is 2.63 bits per heavy atom. The second-order valence-electron chi connectivity index (χ2n) is 5.41. The van der Waals surface area contributed by atoms with Crippen LogP contribution in [0.25, 0.3) is 0 Å². The van der Waals surface area contributed by atoms with Crippen LogP contribution in [0, 0.1) is 12.8 Å². The van der Waals surface area contributed by atoms with Crippen molar-refractivity contribution in [3.8, 4) is 0 Å². The fraction of sp³-hybridized carbons (Fsp3) is 0.562. The van der Waals surface area contributed by atoms with Crippen LogP contribution in [0.2, 0.25) is 0 Å². The number of hydrogen-bond acceptors (Lipinski definition) is 2. The molecule has 0 saturated carbocycles. The summed E-state index contributed by atoms with van der Waals surface area (Å²) in [7, 11) is 0. The van der Waals surface area contributed by atoms with E-state index in [0.29, 0.717) is 0 Å². The Kier molecular flexibility index (Phi) is 4.59. The number of carbonyl (C=O) groups is 1. The van der Waals surface area contributed by atoms with Crippen molar-refractivity contribution in [2.24, 2.45) is 5.92 Å². The molecule has 0 aromatic heterocycles. The maximum absolute atomic E-state index is 12.7. The molecule has 1 aliphatic heterocycles. The van der Waals surface area contributed by atoms with Crippen molar-refractivity contribution in [1.29, 1.82) is 0 Å². The van der Waals surface area contributed by atoms with Gasteiger partial charge in [-0.25, -0.2) is 0 Å². The van der Waals surface area contributed by atoms with Gasteiger partial charge in [-0.1, -0.05) is 17.7 Å². The Labute approximate surface area is 116 Å². The highest BCUT2D eigenvalue weighted by Gasteiger charge is 2.30. The Morgan fingerprint density at radius 1 is 1.37 bits per heavy atom. The SMILES string of the molecule is CCN(C(=O)C1CCCNC1C)c1ccc(C)cc1. The third-order valence-corrected chi connectivity index (χ3v) is 4.01. The Hall–Kier alpha value is -1.35. The van der Waals surface area contributed by atoms with E-state index >= 15 is 0 Å². The number of amides is 1. The molecule has 1 heterocycles. The van der Waals surface area contributed by atoms with Crippen molar-refractivity contribution in [2.75, 3.05) is 18.0 Å². The molecular formula is C16H24N2O. The maximum atomic E-state index is 12.7. The number of hydrogen-bond donors (Lipinski definition) is 1. The first-order valence-electron chi connectivity index (χ1n) is 7.25. The summed E-state index contributed by atoms with van der Waals surface area (Å²) in [5.74, 6) is 0.362. The molecule has 0 aliphatic carbocycles. The molecule has 2 rings (SSSR count). The minimum Gasteiger partial charge on any atom is -0.313 e. The van der Waals surface area contributed by atoms with E-state index in [1.54, 1.807) is 0 Å². The van der Waals surface area contributed by atoms with Crippen LogP contribution in [0.15, 0.2) is 24.3 Å². The molecule has 1 N–H and O–H groups in total. The minimum atomic E-state index is 0.106. The summed E-state index contributed by atoms with van der Waals surface area (Å²) < 4.78 is 0. The summed E-state index contributed by atoms with van der Waals surface area (Å²) in [4.78, 5) is 14.6. The lowest BCUT2D eigenvalue weighted by Crippen LogP contribution is -2.48. The van der Waals surface area contributed by atoms with Gasteiger partial charge in [0.1, 0.15) is 0 Å². The number of piperidine rings is 1. The van der Waals surface area contributed by atoms with E-state index < -0.39 is 0 Å². The highest BCUT2D eigenvalue weighted by Crippen LogP contribution is 2.23. The molecule has 0 spiro atoms. The van der Waals surface area contributed by atoms with Gasteiger partial charge < -0.3 is 10.2 Å². The van der Waals surface area contributed by atoms with Crippen molar-refractivity contribution in [1.82, 2.24) is 5.32 Å². The highest BCUT2D eigenvalue weighted by molar-refractivity contribution is 5.95. The highest BCUT2D eigenvalue weighted by atomic mass is 16.2. The second kappa shape index (κ2) is 6.20. The molecule has 1 aromatic rings. The van der Waals surface area contributed by atoms with Gasteiger partial charge in [0.15, 0.2) is 0 Å². The van der Waals surface area contributed by atoms with Gasteiger partial charge in [-0.3, -0.25) is 4.79 Å². The minimum absolute atomic E-state index is 0.106. The van der Waals surface area contributed by atoms with Crippen LogP contribution in [-0.2, 0) is 4.79 Å². The number of benzene rings is 1. The molecule has 0 bridgehead atoms.